The van der Waals surface area contributed by atoms with E-state index in [0.717, 1.165) is 67.6 Å². The number of ether oxygens (including phenoxy) is 4. The van der Waals surface area contributed by atoms with E-state index in [-0.39, 0.29) is 34.9 Å². The molecule has 1 amide bonds. The second kappa shape index (κ2) is 15.2. The molecule has 0 N–H and O–H groups in total. The number of carbonyl (C=O) groups is 1. The molecule has 1 spiro atoms. The van der Waals surface area contributed by atoms with E-state index in [9.17, 15) is 18.0 Å². The molecule has 1 aromatic heterocycles. The highest BCUT2D eigenvalue weighted by Gasteiger charge is 2.48. The second-order valence-corrected chi connectivity index (χ2v) is 16.3. The normalized spacial score (nSPS) is 18.8. The number of aliphatic imine (C=N–C) groups is 1. The third-order valence-electron chi connectivity index (χ3n) is 11.1. The van der Waals surface area contributed by atoms with Crippen LogP contribution in [0.4, 0.5) is 23.8 Å². The van der Waals surface area contributed by atoms with Crippen molar-refractivity contribution in [2.45, 2.75) is 77.8 Å². The molecule has 5 heterocycles. The Morgan fingerprint density at radius 3 is 2.44 bits per heavy atom. The number of hydrogen-bond donors (Lipinski definition) is 0. The first-order valence-electron chi connectivity index (χ1n) is 19.1. The Labute approximate surface area is 320 Å². The van der Waals surface area contributed by atoms with Crippen molar-refractivity contribution in [1.82, 2.24) is 19.8 Å². The molecule has 0 bridgehead atoms. The zero-order valence-electron chi connectivity index (χ0n) is 32.4. The van der Waals surface area contributed by atoms with Crippen LogP contribution in [0.25, 0.3) is 28.1 Å². The number of nitrogens with zero attached hydrogens (tertiary/aromatic N) is 6. The smallest absolute Gasteiger partial charge is 0.422 e. The average molecular weight is 765 g/mol. The Hall–Kier alpha value is -4.43. The minimum Gasteiger partial charge on any atom is -0.481 e. The Balaban J connectivity index is 1.29. The summed E-state index contributed by atoms with van der Waals surface area (Å²) in [6.07, 6.45) is 1.44. The van der Waals surface area contributed by atoms with Crippen LogP contribution in [0.1, 0.15) is 68.7 Å². The van der Waals surface area contributed by atoms with Gasteiger partial charge in [0.1, 0.15) is 23.0 Å². The predicted octanol–water partition coefficient (Wildman–Crippen LogP) is 7.45. The lowest BCUT2D eigenvalue weighted by Crippen LogP contribution is -2.62. The van der Waals surface area contributed by atoms with Gasteiger partial charge in [-0.3, -0.25) is 4.99 Å². The summed E-state index contributed by atoms with van der Waals surface area (Å²) >= 11 is 0. The number of anilines is 1. The summed E-state index contributed by atoms with van der Waals surface area (Å²) in [5, 5.41) is 0.555. The number of alkyl halides is 3. The van der Waals surface area contributed by atoms with Crippen LogP contribution < -0.4 is 14.4 Å². The molecule has 3 saturated heterocycles. The summed E-state index contributed by atoms with van der Waals surface area (Å²) < 4.78 is 65.3. The minimum atomic E-state index is -4.60. The minimum absolute atomic E-state index is 0.0106. The highest BCUT2D eigenvalue weighted by atomic mass is 19.4. The van der Waals surface area contributed by atoms with Crippen molar-refractivity contribution >= 4 is 35.1 Å². The van der Waals surface area contributed by atoms with Crippen LogP contribution in [-0.4, -0.2) is 116 Å². The van der Waals surface area contributed by atoms with E-state index in [1.54, 1.807) is 24.3 Å². The molecule has 0 aliphatic carbocycles. The van der Waals surface area contributed by atoms with Gasteiger partial charge in [-0.1, -0.05) is 24.8 Å². The van der Waals surface area contributed by atoms with E-state index in [2.05, 4.69) is 21.4 Å². The molecule has 3 fully saturated rings. The number of likely N-dealkylation sites (tertiary alicyclic amines) is 2. The molecule has 11 nitrogen and oxygen atoms in total. The van der Waals surface area contributed by atoms with Crippen molar-refractivity contribution in [3.63, 3.8) is 0 Å². The average Bonchev–Trinajstić information content (AvgIpc) is 3.60. The number of rotatable bonds is 10. The fourth-order valence-electron chi connectivity index (χ4n) is 8.23. The Kier molecular flexibility index (Phi) is 10.8. The third-order valence-corrected chi connectivity index (χ3v) is 11.1. The van der Waals surface area contributed by atoms with E-state index >= 15 is 0 Å². The van der Waals surface area contributed by atoms with Crippen LogP contribution in [0.2, 0.25) is 0 Å². The van der Waals surface area contributed by atoms with Crippen LogP contribution >= 0.6 is 0 Å². The van der Waals surface area contributed by atoms with Gasteiger partial charge >= 0.3 is 18.3 Å². The summed E-state index contributed by atoms with van der Waals surface area (Å²) in [5.41, 5.74) is 4.18. The van der Waals surface area contributed by atoms with Crippen molar-refractivity contribution < 1.29 is 36.9 Å². The molecule has 0 saturated carbocycles. The van der Waals surface area contributed by atoms with E-state index in [4.69, 9.17) is 28.9 Å². The number of piperidine rings is 2. The number of aryl methyl sites for hydroxylation is 1. The molecule has 4 aliphatic rings. The maximum atomic E-state index is 14.0. The SMILES string of the molecule is C=Cc1cc2c(N3CCC4(CC3)CN(C(=O)OC(C)(C)C)C4)nc(OC3CCN(CCOC)CC3)nc2c(OCC(F)(F)F)c1-c1c(C)ccc2c1CN=C2. The quantitative estimate of drug-likeness (QED) is 0.209. The highest BCUT2D eigenvalue weighted by molar-refractivity contribution is 6.04. The Morgan fingerprint density at radius 2 is 1.78 bits per heavy atom. The highest BCUT2D eigenvalue weighted by Crippen LogP contribution is 2.48. The molecule has 296 valence electrons. The first kappa shape index (κ1) is 38.8. The standard InChI is InChI=1S/C41H51F3N6O5/c1-7-27-20-30-34(35(53-25-41(42,43)44)33(27)32-26(2)8-9-28-21-45-22-31(28)32)46-37(54-29-10-14-48(15-11-29)18-19-52-6)47-36(30)49-16-12-40(13-17-49)23-50(24-40)38(51)55-39(3,4)5/h7-9,20-21,29H,1,10-19,22-25H2,2-6H3. The van der Waals surface area contributed by atoms with Crippen LogP contribution in [0.15, 0.2) is 29.8 Å². The van der Waals surface area contributed by atoms with Gasteiger partial charge in [0.2, 0.25) is 0 Å². The first-order chi connectivity index (χ1) is 26.2. The molecule has 0 radical (unpaired) electrons. The van der Waals surface area contributed by atoms with Crippen molar-refractivity contribution in [2.24, 2.45) is 10.4 Å². The molecule has 14 heteroatoms. The summed E-state index contributed by atoms with van der Waals surface area (Å²) in [6.45, 7) is 16.1. The summed E-state index contributed by atoms with van der Waals surface area (Å²) in [5.74, 6) is 0.581. The van der Waals surface area contributed by atoms with E-state index in [1.165, 1.54) is 0 Å². The van der Waals surface area contributed by atoms with E-state index in [1.807, 2.05) is 45.9 Å². The molecular formula is C41H51F3N6O5. The molecule has 0 unspecified atom stereocenters. The Morgan fingerprint density at radius 1 is 1.05 bits per heavy atom. The first-order valence-corrected chi connectivity index (χ1v) is 19.1. The van der Waals surface area contributed by atoms with Gasteiger partial charge in [-0.2, -0.15) is 23.1 Å². The van der Waals surface area contributed by atoms with Gasteiger partial charge < -0.3 is 33.6 Å². The Bertz CT molecular complexity index is 1950. The van der Waals surface area contributed by atoms with E-state index < -0.39 is 18.4 Å². The number of benzene rings is 2. The number of fused-ring (bicyclic) bond motifs is 2. The zero-order valence-corrected chi connectivity index (χ0v) is 32.4. The van der Waals surface area contributed by atoms with Crippen molar-refractivity contribution in [1.29, 1.82) is 0 Å². The lowest BCUT2D eigenvalue weighted by Gasteiger charge is -2.53. The lowest BCUT2D eigenvalue weighted by molar-refractivity contribution is -0.153. The van der Waals surface area contributed by atoms with Crippen molar-refractivity contribution in [3.8, 4) is 22.9 Å². The van der Waals surface area contributed by atoms with Crippen molar-refractivity contribution in [3.05, 3.63) is 47.0 Å². The fourth-order valence-corrected chi connectivity index (χ4v) is 8.23. The number of hydrogen-bond acceptors (Lipinski definition) is 10. The lowest BCUT2D eigenvalue weighted by atomic mass is 9.72. The van der Waals surface area contributed by atoms with Gasteiger partial charge in [0.25, 0.3) is 0 Å². The van der Waals surface area contributed by atoms with Gasteiger partial charge in [0.15, 0.2) is 12.4 Å². The largest absolute Gasteiger partial charge is 0.481 e. The summed E-state index contributed by atoms with van der Waals surface area (Å²) in [7, 11) is 1.69. The van der Waals surface area contributed by atoms with Gasteiger partial charge in [0, 0.05) is 75.5 Å². The molecule has 2 aromatic carbocycles. The van der Waals surface area contributed by atoms with Crippen LogP contribution in [-0.2, 0) is 16.0 Å². The van der Waals surface area contributed by atoms with Crippen molar-refractivity contribution in [2.75, 3.05) is 71.0 Å². The number of halogens is 3. The third kappa shape index (κ3) is 8.40. The van der Waals surface area contributed by atoms with Crippen LogP contribution in [0.3, 0.4) is 0 Å². The maximum Gasteiger partial charge on any atom is 0.422 e. The number of aromatic nitrogens is 2. The van der Waals surface area contributed by atoms with Gasteiger partial charge in [-0.15, -0.1) is 0 Å². The fraction of sp³-hybridized carbons (Fsp3) is 0.561. The van der Waals surface area contributed by atoms with Gasteiger partial charge in [-0.05, 0) is 87.3 Å². The molecule has 55 heavy (non-hydrogen) atoms. The van der Waals surface area contributed by atoms with E-state index in [0.29, 0.717) is 61.7 Å². The van der Waals surface area contributed by atoms with Crippen LogP contribution in [0, 0.1) is 12.3 Å². The summed E-state index contributed by atoms with van der Waals surface area (Å²) in [4.78, 5) is 33.3. The summed E-state index contributed by atoms with van der Waals surface area (Å²) in [6, 6.07) is 5.94. The maximum absolute atomic E-state index is 14.0. The van der Waals surface area contributed by atoms with Gasteiger partial charge in [-0.25, -0.2) is 4.79 Å². The monoisotopic (exact) mass is 764 g/mol. The number of methoxy groups -OCH3 is 1. The topological polar surface area (TPSA) is 102 Å². The molecule has 7 rings (SSSR count). The predicted molar refractivity (Wildman–Crippen MR) is 206 cm³/mol. The molecule has 3 aromatic rings. The van der Waals surface area contributed by atoms with Gasteiger partial charge in [0.05, 0.1) is 13.2 Å². The second-order valence-electron chi connectivity index (χ2n) is 16.3. The number of amides is 1. The molecular weight excluding hydrogens is 713 g/mol. The van der Waals surface area contributed by atoms with Crippen LogP contribution in [0.5, 0.6) is 11.8 Å². The molecule has 4 aliphatic heterocycles. The molecule has 0 atom stereocenters. The number of carbonyl (C=O) groups excluding carboxylic acids is 1. The zero-order chi connectivity index (χ0) is 39.1.